The average molecular weight is 454 g/mol. The van der Waals surface area contributed by atoms with Crippen LogP contribution < -0.4 is 11.1 Å². The minimum Gasteiger partial charge on any atom is -0.397 e. The molecule has 0 aliphatic carbocycles. The van der Waals surface area contributed by atoms with Crippen LogP contribution in [0.3, 0.4) is 0 Å². The Labute approximate surface area is 195 Å². The lowest BCUT2D eigenvalue weighted by atomic mass is 10.0. The van der Waals surface area contributed by atoms with E-state index in [1.807, 2.05) is 71.5 Å². The number of aryl methyl sites for hydroxylation is 1. The lowest BCUT2D eigenvalue weighted by molar-refractivity contribution is -0.116. The van der Waals surface area contributed by atoms with Gasteiger partial charge in [-0.25, -0.2) is 4.68 Å². The summed E-state index contributed by atoms with van der Waals surface area (Å²) in [4.78, 5) is 13.8. The van der Waals surface area contributed by atoms with E-state index in [1.54, 1.807) is 11.3 Å². The third-order valence-electron chi connectivity index (χ3n) is 5.42. The molecule has 5 rings (SSSR count). The molecule has 0 bridgehead atoms. The van der Waals surface area contributed by atoms with Gasteiger partial charge in [0.25, 0.3) is 0 Å². The number of carbonyl (C=O) groups is 1. The van der Waals surface area contributed by atoms with Crippen molar-refractivity contribution >= 4 is 38.7 Å². The number of rotatable bonds is 7. The summed E-state index contributed by atoms with van der Waals surface area (Å²) >= 11 is 1.76. The molecule has 0 aliphatic rings. The summed E-state index contributed by atoms with van der Waals surface area (Å²) in [6, 6.07) is 26.2. The molecule has 3 N–H and O–H groups in total. The van der Waals surface area contributed by atoms with Crippen molar-refractivity contribution in [2.45, 2.75) is 19.4 Å². The second-order valence-corrected chi connectivity index (χ2v) is 9.04. The first kappa shape index (κ1) is 20.9. The molecular weight excluding hydrogens is 430 g/mol. The molecule has 6 nitrogen and oxygen atoms in total. The van der Waals surface area contributed by atoms with Gasteiger partial charge in [-0.2, -0.15) is 0 Å². The number of thiophene rings is 1. The van der Waals surface area contributed by atoms with Crippen molar-refractivity contribution in [1.29, 1.82) is 0 Å². The maximum Gasteiger partial charge on any atom is 0.224 e. The molecule has 3 aromatic carbocycles. The first-order chi connectivity index (χ1) is 16.1. The molecule has 0 saturated carbocycles. The lowest BCUT2D eigenvalue weighted by Crippen LogP contribution is -2.13. The van der Waals surface area contributed by atoms with Crippen molar-refractivity contribution in [3.05, 3.63) is 95.6 Å². The second kappa shape index (κ2) is 9.26. The predicted molar refractivity (Wildman–Crippen MR) is 134 cm³/mol. The van der Waals surface area contributed by atoms with Gasteiger partial charge in [0.05, 0.1) is 23.6 Å². The third-order valence-corrected chi connectivity index (χ3v) is 6.52. The molecule has 2 aromatic heterocycles. The number of nitrogens with two attached hydrogens (primary N) is 1. The van der Waals surface area contributed by atoms with E-state index in [2.05, 4.69) is 33.8 Å². The monoisotopic (exact) mass is 453 g/mol. The van der Waals surface area contributed by atoms with Gasteiger partial charge >= 0.3 is 0 Å². The molecule has 5 aromatic rings. The Balaban J connectivity index is 1.19. The molecule has 0 fully saturated rings. The Morgan fingerprint density at radius 2 is 1.79 bits per heavy atom. The normalized spacial score (nSPS) is 11.0. The van der Waals surface area contributed by atoms with Crippen LogP contribution in [-0.2, 0) is 17.8 Å². The number of hydrogen-bond donors (Lipinski definition) is 2. The number of fused-ring (bicyclic) bond motifs is 1. The van der Waals surface area contributed by atoms with Crippen LogP contribution in [0.15, 0.2) is 85.1 Å². The van der Waals surface area contributed by atoms with Gasteiger partial charge in [-0.3, -0.25) is 4.79 Å². The van der Waals surface area contributed by atoms with E-state index in [4.69, 9.17) is 5.73 Å². The topological polar surface area (TPSA) is 85.8 Å². The minimum atomic E-state index is -0.106. The fourth-order valence-electron chi connectivity index (χ4n) is 3.73. The third kappa shape index (κ3) is 4.94. The van der Waals surface area contributed by atoms with Crippen molar-refractivity contribution in [2.24, 2.45) is 0 Å². The number of hydrogen-bond acceptors (Lipinski definition) is 5. The van der Waals surface area contributed by atoms with E-state index in [9.17, 15) is 4.79 Å². The highest BCUT2D eigenvalue weighted by atomic mass is 32.1. The van der Waals surface area contributed by atoms with Crippen LogP contribution in [0.5, 0.6) is 0 Å². The van der Waals surface area contributed by atoms with Gasteiger partial charge in [0.15, 0.2) is 0 Å². The molecule has 0 radical (unpaired) electrons. The first-order valence-corrected chi connectivity index (χ1v) is 11.6. The van der Waals surface area contributed by atoms with E-state index < -0.39 is 0 Å². The molecule has 0 atom stereocenters. The lowest BCUT2D eigenvalue weighted by Gasteiger charge is -2.10. The van der Waals surface area contributed by atoms with Crippen molar-refractivity contribution in [2.75, 3.05) is 11.1 Å². The zero-order chi connectivity index (χ0) is 22.6. The number of anilines is 2. The predicted octanol–water partition coefficient (Wildman–Crippen LogP) is 5.36. The Morgan fingerprint density at radius 1 is 0.970 bits per heavy atom. The fraction of sp³-hybridized carbons (Fsp3) is 0.115. The first-order valence-electron chi connectivity index (χ1n) is 10.8. The van der Waals surface area contributed by atoms with Crippen molar-refractivity contribution in [1.82, 2.24) is 15.0 Å². The van der Waals surface area contributed by atoms with Gasteiger partial charge in [0, 0.05) is 28.6 Å². The number of carbonyl (C=O) groups excluding carboxylic acids is 1. The molecule has 1 amide bonds. The Morgan fingerprint density at radius 3 is 2.64 bits per heavy atom. The minimum absolute atomic E-state index is 0.106. The molecule has 164 valence electrons. The van der Waals surface area contributed by atoms with Gasteiger partial charge in [-0.1, -0.05) is 59.8 Å². The Kier molecular flexibility index (Phi) is 5.87. The SMILES string of the molecule is Nc1ccc(-c2ccccc2)cc1NC(=O)CCc1cn(Cc2cc3ccccc3s2)nn1. The number of nitrogen functional groups attached to an aromatic ring is 1. The van der Waals surface area contributed by atoms with Gasteiger partial charge in [-0.05, 0) is 40.8 Å². The summed E-state index contributed by atoms with van der Waals surface area (Å²) in [5.74, 6) is -0.106. The van der Waals surface area contributed by atoms with Gasteiger partial charge in [0.2, 0.25) is 5.91 Å². The smallest absolute Gasteiger partial charge is 0.224 e. The molecule has 0 saturated heterocycles. The maximum atomic E-state index is 12.6. The zero-order valence-corrected chi connectivity index (χ0v) is 18.8. The van der Waals surface area contributed by atoms with Crippen LogP contribution in [0.4, 0.5) is 11.4 Å². The van der Waals surface area contributed by atoms with E-state index in [0.29, 0.717) is 30.8 Å². The van der Waals surface area contributed by atoms with Crippen LogP contribution in [0.2, 0.25) is 0 Å². The van der Waals surface area contributed by atoms with E-state index in [1.165, 1.54) is 15.0 Å². The number of benzene rings is 3. The maximum absolute atomic E-state index is 12.6. The van der Waals surface area contributed by atoms with Crippen LogP contribution in [0.25, 0.3) is 21.2 Å². The van der Waals surface area contributed by atoms with E-state index in [-0.39, 0.29) is 5.91 Å². The van der Waals surface area contributed by atoms with Crippen molar-refractivity contribution in [3.8, 4) is 11.1 Å². The van der Waals surface area contributed by atoms with E-state index in [0.717, 1.165) is 16.8 Å². The number of nitrogens with zero attached hydrogens (tertiary/aromatic N) is 3. The average Bonchev–Trinajstić information content (AvgIpc) is 3.46. The fourth-order valence-corrected chi connectivity index (χ4v) is 4.79. The second-order valence-electron chi connectivity index (χ2n) is 7.87. The van der Waals surface area contributed by atoms with Crippen LogP contribution >= 0.6 is 11.3 Å². The summed E-state index contributed by atoms with van der Waals surface area (Å²) in [5.41, 5.74) is 10.1. The van der Waals surface area contributed by atoms with Gasteiger partial charge < -0.3 is 11.1 Å². The highest BCUT2D eigenvalue weighted by Gasteiger charge is 2.10. The standard InChI is InChI=1S/C26H23N5OS/c27-23-12-10-19(18-6-2-1-3-7-18)15-24(23)28-26(32)13-11-21-16-31(30-29-21)17-22-14-20-8-4-5-9-25(20)33-22/h1-10,12,14-16H,11,13,17,27H2,(H,28,32). The molecule has 2 heterocycles. The Hall–Kier alpha value is -3.97. The van der Waals surface area contributed by atoms with Gasteiger partial charge in [-0.15, -0.1) is 16.4 Å². The number of amides is 1. The number of nitrogens with one attached hydrogen (secondary N) is 1. The summed E-state index contributed by atoms with van der Waals surface area (Å²) in [6.45, 7) is 0.668. The zero-order valence-electron chi connectivity index (χ0n) is 17.9. The molecule has 7 heteroatoms. The number of aromatic nitrogens is 3. The van der Waals surface area contributed by atoms with Crippen LogP contribution in [0, 0.1) is 0 Å². The summed E-state index contributed by atoms with van der Waals surface area (Å²) in [7, 11) is 0. The van der Waals surface area contributed by atoms with Crippen LogP contribution in [-0.4, -0.2) is 20.9 Å². The largest absolute Gasteiger partial charge is 0.397 e. The van der Waals surface area contributed by atoms with Crippen molar-refractivity contribution < 1.29 is 4.79 Å². The molecule has 33 heavy (non-hydrogen) atoms. The summed E-state index contributed by atoms with van der Waals surface area (Å²) in [6.07, 6.45) is 2.72. The molecular formula is C26H23N5OS. The van der Waals surface area contributed by atoms with Gasteiger partial charge in [0.1, 0.15) is 0 Å². The summed E-state index contributed by atoms with van der Waals surface area (Å²) in [5, 5.41) is 12.6. The Bertz CT molecular complexity index is 1370. The quantitative estimate of drug-likeness (QED) is 0.325. The molecule has 0 aliphatic heterocycles. The highest BCUT2D eigenvalue weighted by Crippen LogP contribution is 2.28. The molecule has 0 spiro atoms. The molecule has 0 unspecified atom stereocenters. The highest BCUT2D eigenvalue weighted by molar-refractivity contribution is 7.19. The van der Waals surface area contributed by atoms with Crippen molar-refractivity contribution in [3.63, 3.8) is 0 Å². The van der Waals surface area contributed by atoms with E-state index >= 15 is 0 Å². The summed E-state index contributed by atoms with van der Waals surface area (Å²) < 4.78 is 3.08. The van der Waals surface area contributed by atoms with Crippen LogP contribution in [0.1, 0.15) is 17.0 Å².